The first-order chi connectivity index (χ1) is 15.4. The zero-order valence-corrected chi connectivity index (χ0v) is 19.5. The van der Waals surface area contributed by atoms with Gasteiger partial charge in [0.1, 0.15) is 12.1 Å². The second kappa shape index (κ2) is 10.9. The number of benzene rings is 2. The predicted molar refractivity (Wildman–Crippen MR) is 131 cm³/mol. The molecule has 0 aliphatic heterocycles. The van der Waals surface area contributed by atoms with Crippen molar-refractivity contribution in [1.82, 2.24) is 9.97 Å². The standard InChI is InChI=1S/C22H25N5O3S2/c1-3-4-5-16-6-8-17(9-7-16)25-22(31)26-18-10-12-19(13-11-18)32(28,29)27-20-14-21(30-2)24-15-23-20/h6-15H,3-5H2,1-2H3,(H,23,24,27)(H2,25,26,31). The number of ether oxygens (including phenoxy) is 1. The van der Waals surface area contributed by atoms with E-state index in [1.165, 1.54) is 50.0 Å². The number of anilines is 3. The number of rotatable bonds is 9. The van der Waals surface area contributed by atoms with Gasteiger partial charge in [-0.15, -0.1) is 0 Å². The summed E-state index contributed by atoms with van der Waals surface area (Å²) in [6.45, 7) is 2.17. The summed E-state index contributed by atoms with van der Waals surface area (Å²) in [5.41, 5.74) is 2.83. The second-order valence-electron chi connectivity index (χ2n) is 6.96. The van der Waals surface area contributed by atoms with E-state index < -0.39 is 10.0 Å². The van der Waals surface area contributed by atoms with Gasteiger partial charge in [-0.3, -0.25) is 4.72 Å². The van der Waals surface area contributed by atoms with Crippen molar-refractivity contribution in [1.29, 1.82) is 0 Å². The molecule has 0 fully saturated rings. The van der Waals surface area contributed by atoms with Gasteiger partial charge in [0.2, 0.25) is 5.88 Å². The summed E-state index contributed by atoms with van der Waals surface area (Å²) >= 11 is 5.36. The van der Waals surface area contributed by atoms with Gasteiger partial charge in [0.05, 0.1) is 12.0 Å². The lowest BCUT2D eigenvalue weighted by Crippen LogP contribution is -2.19. The van der Waals surface area contributed by atoms with Gasteiger partial charge in [-0.2, -0.15) is 0 Å². The summed E-state index contributed by atoms with van der Waals surface area (Å²) in [6, 6.07) is 15.8. The maximum absolute atomic E-state index is 12.6. The predicted octanol–water partition coefficient (Wildman–Crippen LogP) is 4.44. The molecule has 168 valence electrons. The summed E-state index contributed by atoms with van der Waals surface area (Å²) < 4.78 is 32.6. The number of unbranched alkanes of at least 4 members (excludes halogenated alkanes) is 1. The molecule has 0 saturated heterocycles. The third-order valence-electron chi connectivity index (χ3n) is 4.54. The molecule has 0 atom stereocenters. The van der Waals surface area contributed by atoms with Gasteiger partial charge in [0.15, 0.2) is 5.11 Å². The lowest BCUT2D eigenvalue weighted by molar-refractivity contribution is 0.397. The Morgan fingerprint density at radius 3 is 2.22 bits per heavy atom. The normalized spacial score (nSPS) is 10.9. The van der Waals surface area contributed by atoms with Crippen LogP contribution >= 0.6 is 12.2 Å². The fraction of sp³-hybridized carbons (Fsp3) is 0.227. The Kier molecular flexibility index (Phi) is 7.96. The number of hydrogen-bond donors (Lipinski definition) is 3. The Balaban J connectivity index is 1.59. The fourth-order valence-electron chi connectivity index (χ4n) is 2.85. The monoisotopic (exact) mass is 471 g/mol. The van der Waals surface area contributed by atoms with E-state index in [9.17, 15) is 8.42 Å². The van der Waals surface area contributed by atoms with Crippen molar-refractivity contribution in [2.45, 2.75) is 31.1 Å². The van der Waals surface area contributed by atoms with Crippen LogP contribution in [0.15, 0.2) is 65.8 Å². The van der Waals surface area contributed by atoms with E-state index >= 15 is 0 Å². The van der Waals surface area contributed by atoms with Crippen LogP contribution in [0, 0.1) is 0 Å². The molecule has 3 rings (SSSR count). The zero-order chi connectivity index (χ0) is 23.0. The van der Waals surface area contributed by atoms with Crippen LogP contribution in [-0.2, 0) is 16.4 Å². The Labute approximate surface area is 193 Å². The van der Waals surface area contributed by atoms with Crippen molar-refractivity contribution in [2.24, 2.45) is 0 Å². The van der Waals surface area contributed by atoms with Crippen LogP contribution in [0.4, 0.5) is 17.2 Å². The highest BCUT2D eigenvalue weighted by atomic mass is 32.2. The van der Waals surface area contributed by atoms with E-state index in [0.29, 0.717) is 10.8 Å². The molecule has 1 aromatic heterocycles. The first-order valence-corrected chi connectivity index (χ1v) is 11.9. The summed E-state index contributed by atoms with van der Waals surface area (Å²) in [7, 11) is -2.38. The smallest absolute Gasteiger partial charge is 0.263 e. The molecule has 0 spiro atoms. The zero-order valence-electron chi connectivity index (χ0n) is 17.8. The molecule has 0 saturated carbocycles. The summed E-state index contributed by atoms with van der Waals surface area (Å²) in [6.07, 6.45) is 4.62. The molecule has 0 aliphatic rings. The highest BCUT2D eigenvalue weighted by Gasteiger charge is 2.15. The first kappa shape index (κ1) is 23.4. The number of nitrogens with zero attached hydrogens (tertiary/aromatic N) is 2. The molecule has 8 nitrogen and oxygen atoms in total. The number of methoxy groups -OCH3 is 1. The molecule has 1 heterocycles. The topological polar surface area (TPSA) is 105 Å². The number of aromatic nitrogens is 2. The van der Waals surface area contributed by atoms with Gasteiger partial charge >= 0.3 is 0 Å². The number of aryl methyl sites for hydroxylation is 1. The number of hydrogen-bond acceptors (Lipinski definition) is 6. The van der Waals surface area contributed by atoms with E-state index in [1.54, 1.807) is 12.1 Å². The van der Waals surface area contributed by atoms with Crippen molar-refractivity contribution in [3.8, 4) is 5.88 Å². The average molecular weight is 472 g/mol. The van der Waals surface area contributed by atoms with E-state index in [4.69, 9.17) is 17.0 Å². The van der Waals surface area contributed by atoms with Gasteiger partial charge in [0.25, 0.3) is 10.0 Å². The first-order valence-electron chi connectivity index (χ1n) is 10.1. The highest BCUT2D eigenvalue weighted by Crippen LogP contribution is 2.19. The van der Waals surface area contributed by atoms with Crippen LogP contribution in [0.2, 0.25) is 0 Å². The summed E-state index contributed by atoms with van der Waals surface area (Å²) in [5.74, 6) is 0.374. The van der Waals surface area contributed by atoms with Gasteiger partial charge in [-0.25, -0.2) is 18.4 Å². The molecule has 32 heavy (non-hydrogen) atoms. The largest absolute Gasteiger partial charge is 0.481 e. The van der Waals surface area contributed by atoms with Crippen LogP contribution in [0.5, 0.6) is 5.88 Å². The van der Waals surface area contributed by atoms with Gasteiger partial charge in [-0.1, -0.05) is 25.5 Å². The molecule has 10 heteroatoms. The Morgan fingerprint density at radius 2 is 1.62 bits per heavy atom. The quantitative estimate of drug-likeness (QED) is 0.394. The molecule has 0 amide bonds. The van der Waals surface area contributed by atoms with Crippen LogP contribution in [0.25, 0.3) is 0 Å². The van der Waals surface area contributed by atoms with Crippen molar-refractivity contribution in [3.63, 3.8) is 0 Å². The number of nitrogens with one attached hydrogen (secondary N) is 3. The highest BCUT2D eigenvalue weighted by molar-refractivity contribution is 7.92. The van der Waals surface area contributed by atoms with Crippen LogP contribution in [0.3, 0.4) is 0 Å². The van der Waals surface area contributed by atoms with E-state index in [0.717, 1.165) is 12.1 Å². The Bertz CT molecular complexity index is 1150. The maximum Gasteiger partial charge on any atom is 0.263 e. The molecule has 0 radical (unpaired) electrons. The maximum atomic E-state index is 12.6. The molecule has 3 N–H and O–H groups in total. The number of thiocarbonyl (C=S) groups is 1. The van der Waals surface area contributed by atoms with Crippen molar-refractivity contribution >= 4 is 44.5 Å². The van der Waals surface area contributed by atoms with Gasteiger partial charge in [0, 0.05) is 17.4 Å². The average Bonchev–Trinajstić information content (AvgIpc) is 2.79. The molecule has 3 aromatic rings. The lowest BCUT2D eigenvalue weighted by atomic mass is 10.1. The minimum Gasteiger partial charge on any atom is -0.481 e. The molecular formula is C22H25N5O3S2. The molecule has 0 bridgehead atoms. The minimum atomic E-state index is -3.82. The molecule has 0 unspecified atom stereocenters. The third-order valence-corrected chi connectivity index (χ3v) is 6.12. The third kappa shape index (κ3) is 6.63. The van der Waals surface area contributed by atoms with Gasteiger partial charge < -0.3 is 15.4 Å². The van der Waals surface area contributed by atoms with Crippen molar-refractivity contribution < 1.29 is 13.2 Å². The van der Waals surface area contributed by atoms with E-state index in [2.05, 4.69) is 44.4 Å². The van der Waals surface area contributed by atoms with E-state index in [-0.39, 0.29) is 16.6 Å². The summed E-state index contributed by atoms with van der Waals surface area (Å²) in [4.78, 5) is 7.83. The van der Waals surface area contributed by atoms with Crippen LogP contribution in [0.1, 0.15) is 25.3 Å². The Hall–Kier alpha value is -3.24. The Morgan fingerprint density at radius 1 is 1.00 bits per heavy atom. The molecular weight excluding hydrogens is 446 g/mol. The van der Waals surface area contributed by atoms with Gasteiger partial charge in [-0.05, 0) is 67.0 Å². The SMILES string of the molecule is CCCCc1ccc(NC(=S)Nc2ccc(S(=O)(=O)Nc3cc(OC)ncn3)cc2)cc1. The van der Waals surface area contributed by atoms with E-state index in [1.807, 2.05) is 12.1 Å². The molecule has 2 aromatic carbocycles. The summed E-state index contributed by atoms with van der Waals surface area (Å²) in [5, 5.41) is 6.59. The van der Waals surface area contributed by atoms with Crippen LogP contribution in [-0.4, -0.2) is 30.6 Å². The van der Waals surface area contributed by atoms with Crippen molar-refractivity contribution in [2.75, 3.05) is 22.5 Å². The lowest BCUT2D eigenvalue weighted by Gasteiger charge is -2.12. The second-order valence-corrected chi connectivity index (χ2v) is 9.05. The fourth-order valence-corrected chi connectivity index (χ4v) is 4.08. The number of sulfonamides is 1. The van der Waals surface area contributed by atoms with Crippen LogP contribution < -0.4 is 20.1 Å². The molecule has 0 aliphatic carbocycles. The minimum absolute atomic E-state index is 0.0853. The van der Waals surface area contributed by atoms with Crippen molar-refractivity contribution in [3.05, 3.63) is 66.5 Å².